The van der Waals surface area contributed by atoms with Crippen LogP contribution in [-0.4, -0.2) is 13.0 Å². The summed E-state index contributed by atoms with van der Waals surface area (Å²) in [4.78, 5) is 12.3. The van der Waals surface area contributed by atoms with Crippen LogP contribution in [0.2, 0.25) is 0 Å². The van der Waals surface area contributed by atoms with Gasteiger partial charge in [0.05, 0.1) is 3.79 Å². The molecule has 5 heteroatoms. The van der Waals surface area contributed by atoms with Crippen LogP contribution in [0.25, 0.3) is 0 Å². The molecule has 0 fully saturated rings. The fourth-order valence-corrected chi connectivity index (χ4v) is 2.41. The van der Waals surface area contributed by atoms with Gasteiger partial charge in [-0.2, -0.15) is 0 Å². The minimum absolute atomic E-state index is 0.0204. The SMILES string of the molecule is CNNC(=O)CCc1ccc(Br)s1. The van der Waals surface area contributed by atoms with Gasteiger partial charge in [-0.25, -0.2) is 5.43 Å². The molecule has 0 aliphatic rings. The number of hydrazine groups is 1. The molecule has 1 aromatic rings. The van der Waals surface area contributed by atoms with Crippen molar-refractivity contribution in [3.63, 3.8) is 0 Å². The first-order chi connectivity index (χ1) is 6.22. The maximum Gasteiger partial charge on any atom is 0.234 e. The predicted octanol–water partition coefficient (Wildman–Crippen LogP) is 1.69. The van der Waals surface area contributed by atoms with Crippen LogP contribution in [0.15, 0.2) is 15.9 Å². The molecule has 1 aromatic heterocycles. The van der Waals surface area contributed by atoms with E-state index in [4.69, 9.17) is 0 Å². The zero-order chi connectivity index (χ0) is 9.68. The van der Waals surface area contributed by atoms with Gasteiger partial charge >= 0.3 is 0 Å². The third-order valence-electron chi connectivity index (χ3n) is 1.49. The van der Waals surface area contributed by atoms with Gasteiger partial charge in [0, 0.05) is 18.3 Å². The lowest BCUT2D eigenvalue weighted by molar-refractivity contribution is -0.121. The fraction of sp³-hybridized carbons (Fsp3) is 0.375. The highest BCUT2D eigenvalue weighted by Crippen LogP contribution is 2.22. The molecular formula is C8H11BrN2OS. The molecule has 0 spiro atoms. The summed E-state index contributed by atoms with van der Waals surface area (Å²) in [5.74, 6) is 0.0204. The second-order valence-electron chi connectivity index (χ2n) is 2.50. The highest BCUT2D eigenvalue weighted by molar-refractivity contribution is 9.11. The zero-order valence-corrected chi connectivity index (χ0v) is 9.67. The summed E-state index contributed by atoms with van der Waals surface area (Å²) < 4.78 is 1.11. The van der Waals surface area contributed by atoms with Gasteiger partial charge in [0.2, 0.25) is 5.91 Å². The summed E-state index contributed by atoms with van der Waals surface area (Å²) in [7, 11) is 1.68. The highest BCUT2D eigenvalue weighted by Gasteiger charge is 2.02. The van der Waals surface area contributed by atoms with E-state index < -0.39 is 0 Å². The monoisotopic (exact) mass is 262 g/mol. The average molecular weight is 263 g/mol. The molecule has 0 bridgehead atoms. The highest BCUT2D eigenvalue weighted by atomic mass is 79.9. The van der Waals surface area contributed by atoms with Gasteiger partial charge in [0.15, 0.2) is 0 Å². The Morgan fingerprint density at radius 1 is 1.62 bits per heavy atom. The van der Waals surface area contributed by atoms with Crippen molar-refractivity contribution < 1.29 is 4.79 Å². The summed E-state index contributed by atoms with van der Waals surface area (Å²) in [5, 5.41) is 0. The van der Waals surface area contributed by atoms with Crippen molar-refractivity contribution in [2.75, 3.05) is 7.05 Å². The molecule has 2 N–H and O–H groups in total. The van der Waals surface area contributed by atoms with Crippen LogP contribution in [0, 0.1) is 0 Å². The summed E-state index contributed by atoms with van der Waals surface area (Å²) >= 11 is 5.04. The number of amides is 1. The van der Waals surface area contributed by atoms with Crippen LogP contribution in [0.3, 0.4) is 0 Å². The Balaban J connectivity index is 2.30. The van der Waals surface area contributed by atoms with Crippen molar-refractivity contribution in [3.8, 4) is 0 Å². The van der Waals surface area contributed by atoms with Crippen molar-refractivity contribution in [2.24, 2.45) is 0 Å². The lowest BCUT2D eigenvalue weighted by Gasteiger charge is -2.00. The van der Waals surface area contributed by atoms with Crippen molar-refractivity contribution >= 4 is 33.2 Å². The number of thiophene rings is 1. The van der Waals surface area contributed by atoms with Crippen molar-refractivity contribution in [2.45, 2.75) is 12.8 Å². The lowest BCUT2D eigenvalue weighted by Crippen LogP contribution is -2.34. The standard InChI is InChI=1S/C8H11BrN2OS/c1-10-11-8(12)5-3-6-2-4-7(9)13-6/h2,4,10H,3,5H2,1H3,(H,11,12). The molecule has 1 rings (SSSR count). The first-order valence-corrected chi connectivity index (χ1v) is 5.53. The number of nitrogens with one attached hydrogen (secondary N) is 2. The average Bonchev–Trinajstić information content (AvgIpc) is 2.49. The number of rotatable bonds is 4. The number of hydrogen-bond donors (Lipinski definition) is 2. The predicted molar refractivity (Wildman–Crippen MR) is 57.5 cm³/mol. The maximum absolute atomic E-state index is 11.0. The molecule has 0 saturated carbocycles. The Bertz CT molecular complexity index is 287. The molecule has 1 amide bonds. The Morgan fingerprint density at radius 3 is 2.92 bits per heavy atom. The smallest absolute Gasteiger partial charge is 0.234 e. The van der Waals surface area contributed by atoms with Crippen LogP contribution < -0.4 is 10.9 Å². The Morgan fingerprint density at radius 2 is 2.38 bits per heavy atom. The van der Waals surface area contributed by atoms with Gasteiger partial charge in [-0.05, 0) is 34.5 Å². The Kier molecular flexibility index (Phi) is 4.41. The number of carbonyl (C=O) groups is 1. The molecule has 0 aromatic carbocycles. The quantitative estimate of drug-likeness (QED) is 0.812. The first kappa shape index (κ1) is 10.7. The van der Waals surface area contributed by atoms with Crippen LogP contribution in [0.4, 0.5) is 0 Å². The van der Waals surface area contributed by atoms with E-state index in [-0.39, 0.29) is 5.91 Å². The van der Waals surface area contributed by atoms with Gasteiger partial charge in [-0.3, -0.25) is 10.2 Å². The minimum atomic E-state index is 0.0204. The maximum atomic E-state index is 11.0. The van der Waals surface area contributed by atoms with Crippen LogP contribution in [-0.2, 0) is 11.2 Å². The topological polar surface area (TPSA) is 41.1 Å². The van der Waals surface area contributed by atoms with Crippen molar-refractivity contribution in [3.05, 3.63) is 20.8 Å². The van der Waals surface area contributed by atoms with Crippen LogP contribution >= 0.6 is 27.3 Å². The summed E-state index contributed by atoms with van der Waals surface area (Å²) in [6.45, 7) is 0. The molecule has 72 valence electrons. The normalized spacial score (nSPS) is 10.0. The molecule has 0 unspecified atom stereocenters. The summed E-state index contributed by atoms with van der Waals surface area (Å²) in [6.07, 6.45) is 1.32. The van der Waals surface area contributed by atoms with E-state index in [1.54, 1.807) is 18.4 Å². The Labute approximate surface area is 89.6 Å². The minimum Gasteiger partial charge on any atom is -0.292 e. The van der Waals surface area contributed by atoms with E-state index in [2.05, 4.69) is 26.8 Å². The molecule has 0 aliphatic heterocycles. The summed E-state index contributed by atoms with van der Waals surface area (Å²) in [5.41, 5.74) is 5.13. The van der Waals surface area contributed by atoms with Crippen molar-refractivity contribution in [1.29, 1.82) is 0 Å². The van der Waals surface area contributed by atoms with Gasteiger partial charge in [-0.15, -0.1) is 11.3 Å². The van der Waals surface area contributed by atoms with Gasteiger partial charge < -0.3 is 0 Å². The molecule has 0 aliphatic carbocycles. The third kappa shape index (κ3) is 3.89. The van der Waals surface area contributed by atoms with Gasteiger partial charge in [-0.1, -0.05) is 0 Å². The lowest BCUT2D eigenvalue weighted by atomic mass is 10.2. The molecule has 0 saturated heterocycles. The summed E-state index contributed by atoms with van der Waals surface area (Å²) in [6, 6.07) is 4.03. The number of carbonyl (C=O) groups excluding carboxylic acids is 1. The van der Waals surface area contributed by atoms with E-state index >= 15 is 0 Å². The molecular weight excluding hydrogens is 252 g/mol. The number of halogens is 1. The Hall–Kier alpha value is -0.390. The third-order valence-corrected chi connectivity index (χ3v) is 3.18. The zero-order valence-electron chi connectivity index (χ0n) is 7.26. The van der Waals surface area contributed by atoms with Crippen LogP contribution in [0.5, 0.6) is 0 Å². The van der Waals surface area contributed by atoms with E-state index in [1.165, 1.54) is 4.88 Å². The van der Waals surface area contributed by atoms with E-state index in [0.29, 0.717) is 6.42 Å². The fourth-order valence-electron chi connectivity index (χ4n) is 0.925. The van der Waals surface area contributed by atoms with E-state index in [1.807, 2.05) is 12.1 Å². The second-order valence-corrected chi connectivity index (χ2v) is 5.05. The van der Waals surface area contributed by atoms with E-state index in [0.717, 1.165) is 10.2 Å². The van der Waals surface area contributed by atoms with Gasteiger partial charge in [0.1, 0.15) is 0 Å². The molecule has 1 heterocycles. The number of hydrogen-bond acceptors (Lipinski definition) is 3. The largest absolute Gasteiger partial charge is 0.292 e. The molecule has 0 radical (unpaired) electrons. The molecule has 13 heavy (non-hydrogen) atoms. The number of aryl methyl sites for hydroxylation is 1. The van der Waals surface area contributed by atoms with Crippen LogP contribution in [0.1, 0.15) is 11.3 Å². The van der Waals surface area contributed by atoms with Gasteiger partial charge in [0.25, 0.3) is 0 Å². The van der Waals surface area contributed by atoms with E-state index in [9.17, 15) is 4.79 Å². The second kappa shape index (κ2) is 5.36. The van der Waals surface area contributed by atoms with Crippen molar-refractivity contribution in [1.82, 2.24) is 10.9 Å². The molecule has 3 nitrogen and oxygen atoms in total. The first-order valence-electron chi connectivity index (χ1n) is 3.92. The molecule has 0 atom stereocenters.